The number of aromatic nitrogens is 1. The van der Waals surface area contributed by atoms with Gasteiger partial charge in [-0.05, 0) is 37.3 Å². The maximum Gasteiger partial charge on any atom is 0.288 e. The highest BCUT2D eigenvalue weighted by Crippen LogP contribution is 2.35. The molecule has 0 radical (unpaired) electrons. The Morgan fingerprint density at radius 3 is 2.90 bits per heavy atom. The van der Waals surface area contributed by atoms with Crippen LogP contribution in [0.2, 0.25) is 5.02 Å². The topological polar surface area (TPSA) is 113 Å². The lowest BCUT2D eigenvalue weighted by Gasteiger charge is -2.28. The molecule has 1 aliphatic heterocycles. The lowest BCUT2D eigenvalue weighted by Crippen LogP contribution is -2.31. The molecule has 1 aromatic carbocycles. The predicted molar refractivity (Wildman–Crippen MR) is 102 cm³/mol. The Bertz CT molecular complexity index is 1100. The van der Waals surface area contributed by atoms with Gasteiger partial charge in [0.25, 0.3) is 11.9 Å². The Balaban J connectivity index is 1.96. The van der Waals surface area contributed by atoms with Gasteiger partial charge in [-0.15, -0.1) is 0 Å². The van der Waals surface area contributed by atoms with Crippen molar-refractivity contribution >= 4 is 29.2 Å². The van der Waals surface area contributed by atoms with Crippen molar-refractivity contribution in [3.63, 3.8) is 0 Å². The van der Waals surface area contributed by atoms with Crippen LogP contribution in [-0.2, 0) is 10.3 Å². The number of amides is 1. The SMILES string of the molecule is C[C@@]1(c2cc(NC(=O)c3ncc(Cl)cc3C#N)ccc2F)C=C(CF)OC(N)=N1. The number of pyridine rings is 1. The number of benzene rings is 1. The van der Waals surface area contributed by atoms with Crippen LogP contribution in [0, 0.1) is 17.1 Å². The van der Waals surface area contributed by atoms with Crippen molar-refractivity contribution in [1.29, 1.82) is 5.26 Å². The summed E-state index contributed by atoms with van der Waals surface area (Å²) in [5.41, 5.74) is 4.34. The van der Waals surface area contributed by atoms with Crippen molar-refractivity contribution in [2.75, 3.05) is 12.0 Å². The third-order valence-corrected chi connectivity index (χ3v) is 4.32. The van der Waals surface area contributed by atoms with Crippen molar-refractivity contribution in [2.24, 2.45) is 10.7 Å². The largest absolute Gasteiger partial charge is 0.428 e. The minimum Gasteiger partial charge on any atom is -0.428 e. The summed E-state index contributed by atoms with van der Waals surface area (Å²) in [6.45, 7) is 0.583. The second kappa shape index (κ2) is 7.85. The second-order valence-electron chi connectivity index (χ2n) is 6.25. The van der Waals surface area contributed by atoms with Crippen LogP contribution in [0.15, 0.2) is 47.3 Å². The molecule has 0 bridgehead atoms. The van der Waals surface area contributed by atoms with Gasteiger partial charge in [0, 0.05) is 17.4 Å². The number of hydrogen-bond acceptors (Lipinski definition) is 6. The van der Waals surface area contributed by atoms with E-state index in [1.165, 1.54) is 37.4 Å². The molecule has 3 rings (SSSR count). The Kier molecular flexibility index (Phi) is 5.48. The third-order valence-electron chi connectivity index (χ3n) is 4.11. The van der Waals surface area contributed by atoms with E-state index in [9.17, 15) is 13.6 Å². The van der Waals surface area contributed by atoms with E-state index in [0.29, 0.717) is 0 Å². The first kappa shape index (κ1) is 20.2. The maximum atomic E-state index is 14.5. The molecule has 0 aliphatic carbocycles. The Morgan fingerprint density at radius 2 is 2.21 bits per heavy atom. The van der Waals surface area contributed by atoms with Crippen molar-refractivity contribution < 1.29 is 18.3 Å². The van der Waals surface area contributed by atoms with Crippen LogP contribution < -0.4 is 11.1 Å². The number of carbonyl (C=O) groups is 1. The summed E-state index contributed by atoms with van der Waals surface area (Å²) < 4.78 is 32.5. The maximum absolute atomic E-state index is 14.5. The molecule has 0 saturated heterocycles. The average Bonchev–Trinajstić information content (AvgIpc) is 2.68. The molecular formula is C19H14ClF2N5O2. The zero-order chi connectivity index (χ0) is 21.2. The zero-order valence-electron chi connectivity index (χ0n) is 15.0. The molecule has 1 aliphatic rings. The molecule has 0 unspecified atom stereocenters. The van der Waals surface area contributed by atoms with Gasteiger partial charge in [-0.25, -0.2) is 18.8 Å². The van der Waals surface area contributed by atoms with E-state index >= 15 is 0 Å². The van der Waals surface area contributed by atoms with Crippen LogP contribution in [0.3, 0.4) is 0 Å². The lowest BCUT2D eigenvalue weighted by atomic mass is 9.90. The van der Waals surface area contributed by atoms with Gasteiger partial charge in [0.1, 0.15) is 35.6 Å². The monoisotopic (exact) mass is 417 g/mol. The van der Waals surface area contributed by atoms with Crippen LogP contribution >= 0.6 is 11.6 Å². The normalized spacial score (nSPS) is 18.2. The number of ether oxygens (including phenoxy) is 1. The number of halogens is 3. The highest BCUT2D eigenvalue weighted by Gasteiger charge is 2.32. The number of allylic oxidation sites excluding steroid dienone is 1. The number of hydrogen-bond donors (Lipinski definition) is 2. The van der Waals surface area contributed by atoms with E-state index in [1.54, 1.807) is 0 Å². The van der Waals surface area contributed by atoms with Gasteiger partial charge in [0.2, 0.25) is 0 Å². The van der Waals surface area contributed by atoms with Gasteiger partial charge in [-0.3, -0.25) is 4.79 Å². The number of nitrogens with two attached hydrogens (primary N) is 1. The van der Waals surface area contributed by atoms with Crippen LogP contribution in [0.1, 0.15) is 28.5 Å². The first-order chi connectivity index (χ1) is 13.8. The van der Waals surface area contributed by atoms with Crippen LogP contribution in [0.25, 0.3) is 0 Å². The van der Waals surface area contributed by atoms with E-state index in [2.05, 4.69) is 15.3 Å². The molecule has 29 heavy (non-hydrogen) atoms. The molecule has 2 heterocycles. The van der Waals surface area contributed by atoms with Gasteiger partial charge < -0.3 is 15.8 Å². The lowest BCUT2D eigenvalue weighted by molar-refractivity contribution is 0.102. The van der Waals surface area contributed by atoms with E-state index in [-0.39, 0.29) is 39.3 Å². The fourth-order valence-corrected chi connectivity index (χ4v) is 3.01. The number of amidine groups is 1. The molecule has 7 nitrogen and oxygen atoms in total. The number of nitrogens with zero attached hydrogens (tertiary/aromatic N) is 3. The van der Waals surface area contributed by atoms with Crippen LogP contribution in [-0.4, -0.2) is 23.6 Å². The molecule has 2 aromatic rings. The van der Waals surface area contributed by atoms with Crippen molar-refractivity contribution in [2.45, 2.75) is 12.5 Å². The van der Waals surface area contributed by atoms with Crippen molar-refractivity contribution in [3.8, 4) is 6.07 Å². The molecule has 148 valence electrons. The molecule has 3 N–H and O–H groups in total. The molecule has 0 spiro atoms. The number of anilines is 1. The minimum absolute atomic E-state index is 0.0124. The van der Waals surface area contributed by atoms with Crippen molar-refractivity contribution in [3.05, 3.63) is 70.0 Å². The summed E-state index contributed by atoms with van der Waals surface area (Å²) in [5, 5.41) is 11.9. The summed E-state index contributed by atoms with van der Waals surface area (Å²) in [6.07, 6.45) is 2.54. The molecule has 0 fully saturated rings. The number of aliphatic imine (C=N–C) groups is 1. The van der Waals surface area contributed by atoms with E-state index < -0.39 is 23.9 Å². The standard InChI is InChI=1S/C19H14ClF2N5O2/c1-19(6-13(7-21)29-18(24)27-19)14-5-12(2-3-15(14)22)26-17(28)16-10(8-23)4-11(20)9-25-16/h2-6,9H,7H2,1H3,(H2,24,27)(H,26,28)/t19-/m0/s1. The number of carbonyl (C=O) groups excluding carboxylic acids is 1. The Morgan fingerprint density at radius 1 is 1.45 bits per heavy atom. The first-order valence-corrected chi connectivity index (χ1v) is 8.61. The van der Waals surface area contributed by atoms with Crippen LogP contribution in [0.4, 0.5) is 14.5 Å². The summed E-state index contributed by atoms with van der Waals surface area (Å²) >= 11 is 5.78. The molecule has 1 aromatic heterocycles. The second-order valence-corrected chi connectivity index (χ2v) is 6.69. The van der Waals surface area contributed by atoms with E-state index in [0.717, 1.165) is 6.07 Å². The summed E-state index contributed by atoms with van der Waals surface area (Å²) in [7, 11) is 0. The smallest absolute Gasteiger partial charge is 0.288 e. The minimum atomic E-state index is -1.34. The number of nitriles is 1. The highest BCUT2D eigenvalue weighted by molar-refractivity contribution is 6.30. The zero-order valence-corrected chi connectivity index (χ0v) is 15.8. The Hall–Kier alpha value is -3.51. The predicted octanol–water partition coefficient (Wildman–Crippen LogP) is 3.41. The molecule has 10 heteroatoms. The van der Waals surface area contributed by atoms with Crippen molar-refractivity contribution in [1.82, 2.24) is 4.98 Å². The fraction of sp³-hybridized carbons (Fsp3) is 0.158. The molecule has 1 atom stereocenters. The van der Waals surface area contributed by atoms with Gasteiger partial charge in [-0.2, -0.15) is 5.26 Å². The summed E-state index contributed by atoms with van der Waals surface area (Å²) in [4.78, 5) is 20.5. The van der Waals surface area contributed by atoms with Gasteiger partial charge in [0.15, 0.2) is 0 Å². The van der Waals surface area contributed by atoms with Gasteiger partial charge in [-0.1, -0.05) is 11.6 Å². The highest BCUT2D eigenvalue weighted by atomic mass is 35.5. The summed E-state index contributed by atoms with van der Waals surface area (Å²) in [5.74, 6) is -1.42. The number of nitrogens with one attached hydrogen (secondary N) is 1. The summed E-state index contributed by atoms with van der Waals surface area (Å²) in [6, 6.07) is 6.64. The fourth-order valence-electron chi connectivity index (χ4n) is 2.85. The first-order valence-electron chi connectivity index (χ1n) is 8.23. The third kappa shape index (κ3) is 4.17. The quantitative estimate of drug-likeness (QED) is 0.791. The van der Waals surface area contributed by atoms with E-state index in [4.69, 9.17) is 27.3 Å². The van der Waals surface area contributed by atoms with Gasteiger partial charge in [0.05, 0.1) is 10.6 Å². The molecule has 0 saturated carbocycles. The number of alkyl halides is 1. The number of rotatable bonds is 4. The van der Waals surface area contributed by atoms with Crippen LogP contribution in [0.5, 0.6) is 0 Å². The Labute approximate surface area is 169 Å². The van der Waals surface area contributed by atoms with Gasteiger partial charge >= 0.3 is 0 Å². The molecular weight excluding hydrogens is 404 g/mol. The van der Waals surface area contributed by atoms with E-state index in [1.807, 2.05) is 6.07 Å². The molecule has 1 amide bonds. The average molecular weight is 418 g/mol.